The van der Waals surface area contributed by atoms with Crippen molar-refractivity contribution in [2.45, 2.75) is 156 Å². The molecule has 216 valence electrons. The molecular weight excluding hydrogens is 490 g/mol. The minimum Gasteiger partial charge on any atom is -0.444 e. The van der Waals surface area contributed by atoms with Crippen LogP contribution in [0.15, 0.2) is 0 Å². The highest BCUT2D eigenvalue weighted by Gasteiger charge is 2.52. The molecule has 4 fully saturated rings. The lowest BCUT2D eigenvalue weighted by atomic mass is 9.81. The van der Waals surface area contributed by atoms with Gasteiger partial charge in [-0.05, 0) is 88.9 Å². The predicted molar refractivity (Wildman–Crippen MR) is 161 cm³/mol. The molecule has 0 aromatic heterocycles. The van der Waals surface area contributed by atoms with Gasteiger partial charge in [-0.2, -0.15) is 27.0 Å². The molecule has 4 rings (SSSR count). The Morgan fingerprint density at radius 3 is 1.69 bits per heavy atom. The second-order valence-electron chi connectivity index (χ2n) is 14.2. The van der Waals surface area contributed by atoms with Gasteiger partial charge in [-0.1, -0.05) is 60.8 Å². The third-order valence-corrected chi connectivity index (χ3v) is 8.64. The molecule has 1 heterocycles. The van der Waals surface area contributed by atoms with E-state index in [2.05, 4.69) is 27.7 Å². The number of hydrogen-bond donors (Lipinski definition) is 2. The van der Waals surface area contributed by atoms with Crippen LogP contribution in [0.5, 0.6) is 0 Å². The SMILES string of the molecule is C.CC1(C)CC[C@H](C2(O)CCCC2)C1.CC1(C)C[C@@H](C2(O)CCCC2)N(C(=O)OC(C)(C)C)C1.S.S. The van der Waals surface area contributed by atoms with Crippen LogP contribution in [0, 0.1) is 16.7 Å². The number of rotatable bonds is 2. The second kappa shape index (κ2) is 12.8. The Bertz CT molecular complexity index is 692. The van der Waals surface area contributed by atoms with Crippen LogP contribution in [0.2, 0.25) is 0 Å². The molecule has 0 spiro atoms. The summed E-state index contributed by atoms with van der Waals surface area (Å²) >= 11 is 0. The van der Waals surface area contributed by atoms with E-state index in [1.807, 2.05) is 20.8 Å². The zero-order valence-corrected chi connectivity index (χ0v) is 25.5. The molecule has 0 aromatic rings. The first-order valence-electron chi connectivity index (χ1n) is 13.5. The maximum Gasteiger partial charge on any atom is 0.410 e. The topological polar surface area (TPSA) is 70.0 Å². The van der Waals surface area contributed by atoms with Crippen molar-refractivity contribution in [2.75, 3.05) is 6.54 Å². The molecule has 4 aliphatic rings. The summed E-state index contributed by atoms with van der Waals surface area (Å²) in [4.78, 5) is 14.2. The van der Waals surface area contributed by atoms with E-state index in [1.165, 1.54) is 32.1 Å². The molecular formula is C29H59NO4S2. The summed E-state index contributed by atoms with van der Waals surface area (Å²) in [5.41, 5.74) is -0.950. The molecule has 0 bridgehead atoms. The number of nitrogens with zero attached hydrogens (tertiary/aromatic N) is 1. The molecule has 1 amide bonds. The molecule has 0 aromatic carbocycles. The van der Waals surface area contributed by atoms with Gasteiger partial charge in [0.1, 0.15) is 5.60 Å². The number of carbonyl (C=O) groups excluding carboxylic acids is 1. The summed E-state index contributed by atoms with van der Waals surface area (Å²) in [6.45, 7) is 15.3. The third kappa shape index (κ3) is 8.98. The number of hydrogen-bond acceptors (Lipinski definition) is 4. The number of carbonyl (C=O) groups is 1. The highest BCUT2D eigenvalue weighted by molar-refractivity contribution is 7.59. The molecule has 2 N–H and O–H groups in total. The van der Waals surface area contributed by atoms with Gasteiger partial charge in [-0.15, -0.1) is 0 Å². The standard InChI is InChI=1S/C16H29NO3.C12H22O.CH4.2H2S/c1-14(2,3)20-13(18)17-11-15(4,5)10-12(17)16(19)8-6-7-9-16;1-11(2)8-5-10(9-11)12(13)6-3-4-7-12;;;/h12,19H,6-11H2,1-5H3;10,13H,3-9H2,1-2H3;1H4;2*1H2/t12-;10-;;;/m00.../s1. The van der Waals surface area contributed by atoms with E-state index in [0.717, 1.165) is 44.9 Å². The normalized spacial score (nSPS) is 29.2. The van der Waals surface area contributed by atoms with Gasteiger partial charge in [0, 0.05) is 6.54 Å². The van der Waals surface area contributed by atoms with Crippen LogP contribution in [0.4, 0.5) is 4.79 Å². The Hall–Kier alpha value is -0.110. The van der Waals surface area contributed by atoms with Crippen molar-refractivity contribution in [1.29, 1.82) is 0 Å². The lowest BCUT2D eigenvalue weighted by molar-refractivity contribution is -0.0401. The summed E-state index contributed by atoms with van der Waals surface area (Å²) in [7, 11) is 0. The zero-order chi connectivity index (χ0) is 24.7. The molecule has 0 unspecified atom stereocenters. The molecule has 3 saturated carbocycles. The molecule has 5 nitrogen and oxygen atoms in total. The smallest absolute Gasteiger partial charge is 0.410 e. The van der Waals surface area contributed by atoms with Crippen LogP contribution in [0.1, 0.15) is 133 Å². The first kappa shape index (κ1) is 35.9. The van der Waals surface area contributed by atoms with Gasteiger partial charge in [0.2, 0.25) is 0 Å². The maximum absolute atomic E-state index is 12.5. The van der Waals surface area contributed by atoms with E-state index >= 15 is 0 Å². The van der Waals surface area contributed by atoms with E-state index in [0.29, 0.717) is 17.9 Å². The Balaban J connectivity index is 0.000000672. The van der Waals surface area contributed by atoms with Crippen LogP contribution in [0.3, 0.4) is 0 Å². The van der Waals surface area contributed by atoms with Crippen molar-refractivity contribution >= 4 is 33.1 Å². The fourth-order valence-corrected chi connectivity index (χ4v) is 6.87. The molecule has 1 saturated heterocycles. The van der Waals surface area contributed by atoms with Crippen LogP contribution < -0.4 is 0 Å². The van der Waals surface area contributed by atoms with Gasteiger partial charge in [0.25, 0.3) is 0 Å². The monoisotopic (exact) mass is 549 g/mol. The molecule has 3 aliphatic carbocycles. The largest absolute Gasteiger partial charge is 0.444 e. The first-order valence-corrected chi connectivity index (χ1v) is 13.5. The molecule has 2 atom stereocenters. The average Bonchev–Trinajstić information content (AvgIpc) is 3.42. The van der Waals surface area contributed by atoms with Gasteiger partial charge in [0.05, 0.1) is 17.2 Å². The van der Waals surface area contributed by atoms with Gasteiger partial charge < -0.3 is 19.8 Å². The molecule has 0 radical (unpaired) electrons. The average molecular weight is 550 g/mol. The minimum absolute atomic E-state index is 0. The third-order valence-electron chi connectivity index (χ3n) is 8.64. The van der Waals surface area contributed by atoms with Crippen molar-refractivity contribution in [3.63, 3.8) is 0 Å². The van der Waals surface area contributed by atoms with Gasteiger partial charge in [0.15, 0.2) is 0 Å². The fraction of sp³-hybridized carbons (Fsp3) is 0.966. The van der Waals surface area contributed by atoms with Crippen LogP contribution in [-0.2, 0) is 4.74 Å². The van der Waals surface area contributed by atoms with Gasteiger partial charge >= 0.3 is 6.09 Å². The zero-order valence-electron chi connectivity index (χ0n) is 23.5. The minimum atomic E-state index is -0.718. The summed E-state index contributed by atoms with van der Waals surface area (Å²) < 4.78 is 5.53. The summed E-state index contributed by atoms with van der Waals surface area (Å²) in [6, 6.07) is -0.102. The Morgan fingerprint density at radius 1 is 0.806 bits per heavy atom. The van der Waals surface area contributed by atoms with Crippen molar-refractivity contribution in [1.82, 2.24) is 4.90 Å². The van der Waals surface area contributed by atoms with Gasteiger partial charge in [-0.3, -0.25) is 0 Å². The van der Waals surface area contributed by atoms with E-state index in [-0.39, 0.29) is 57.6 Å². The maximum atomic E-state index is 12.5. The predicted octanol–water partition coefficient (Wildman–Crippen LogP) is 7.31. The summed E-state index contributed by atoms with van der Waals surface area (Å²) in [6.07, 6.45) is 12.7. The molecule has 36 heavy (non-hydrogen) atoms. The quantitative estimate of drug-likeness (QED) is 0.379. The van der Waals surface area contributed by atoms with Crippen LogP contribution in [0.25, 0.3) is 0 Å². The van der Waals surface area contributed by atoms with Crippen molar-refractivity contribution < 1.29 is 19.7 Å². The van der Waals surface area contributed by atoms with Crippen molar-refractivity contribution in [3.8, 4) is 0 Å². The Labute approximate surface area is 236 Å². The highest BCUT2D eigenvalue weighted by atomic mass is 32.1. The fourth-order valence-electron chi connectivity index (χ4n) is 6.87. The van der Waals surface area contributed by atoms with Crippen molar-refractivity contribution in [3.05, 3.63) is 0 Å². The lowest BCUT2D eigenvalue weighted by Gasteiger charge is -2.37. The lowest BCUT2D eigenvalue weighted by Crippen LogP contribution is -2.51. The first-order chi connectivity index (χ1) is 15.0. The van der Waals surface area contributed by atoms with Crippen LogP contribution in [-0.4, -0.2) is 50.6 Å². The summed E-state index contributed by atoms with van der Waals surface area (Å²) in [5, 5.41) is 21.3. The Morgan fingerprint density at radius 2 is 1.28 bits per heavy atom. The summed E-state index contributed by atoms with van der Waals surface area (Å²) in [5.74, 6) is 0.602. The van der Waals surface area contributed by atoms with Gasteiger partial charge in [-0.25, -0.2) is 4.79 Å². The molecule has 1 aliphatic heterocycles. The van der Waals surface area contributed by atoms with E-state index in [9.17, 15) is 15.0 Å². The number of ether oxygens (including phenoxy) is 1. The highest BCUT2D eigenvalue weighted by Crippen LogP contribution is 2.50. The van der Waals surface area contributed by atoms with E-state index in [4.69, 9.17) is 4.74 Å². The van der Waals surface area contributed by atoms with E-state index in [1.54, 1.807) is 4.90 Å². The van der Waals surface area contributed by atoms with E-state index < -0.39 is 11.2 Å². The van der Waals surface area contributed by atoms with Crippen LogP contribution >= 0.6 is 27.0 Å². The Kier molecular flexibility index (Phi) is 12.8. The van der Waals surface area contributed by atoms with Crippen molar-refractivity contribution in [2.24, 2.45) is 16.7 Å². The number of likely N-dealkylation sites (tertiary alicyclic amines) is 1. The number of amides is 1. The number of aliphatic hydroxyl groups is 2. The molecule has 7 heteroatoms. The second-order valence-corrected chi connectivity index (χ2v) is 14.2.